The van der Waals surface area contributed by atoms with Gasteiger partial charge >= 0.3 is 0 Å². The summed E-state index contributed by atoms with van der Waals surface area (Å²) in [6.07, 6.45) is 0. The first-order valence-corrected chi connectivity index (χ1v) is 7.88. The van der Waals surface area contributed by atoms with Crippen molar-refractivity contribution in [2.24, 2.45) is 0 Å². The topological polar surface area (TPSA) is 73.8 Å². The van der Waals surface area contributed by atoms with E-state index in [-0.39, 0.29) is 11.2 Å². The number of thiazole rings is 1. The van der Waals surface area contributed by atoms with Crippen molar-refractivity contribution in [2.75, 3.05) is 5.73 Å². The van der Waals surface area contributed by atoms with Crippen LogP contribution in [0.3, 0.4) is 0 Å². The van der Waals surface area contributed by atoms with Gasteiger partial charge in [0.2, 0.25) is 0 Å². The smallest absolute Gasteiger partial charge is 0.290 e. The largest absolute Gasteiger partial charge is 0.394 e. The Balaban J connectivity index is 2.36. The Hall–Kier alpha value is -2.47. The zero-order chi connectivity index (χ0) is 15.7. The lowest BCUT2D eigenvalue weighted by Crippen LogP contribution is -2.26. The van der Waals surface area contributed by atoms with Crippen LogP contribution in [0, 0.1) is 6.92 Å². The van der Waals surface area contributed by atoms with Crippen molar-refractivity contribution in [1.29, 1.82) is 0 Å². The van der Waals surface area contributed by atoms with Crippen LogP contribution in [0.25, 0.3) is 22.5 Å². The molecule has 22 heavy (non-hydrogen) atoms. The summed E-state index contributed by atoms with van der Waals surface area (Å²) < 4.78 is 1.39. The summed E-state index contributed by atoms with van der Waals surface area (Å²) in [6, 6.07) is 9.72. The molecule has 0 spiro atoms. The summed E-state index contributed by atoms with van der Waals surface area (Å²) in [5.74, 6) is 0. The Kier molecular flexibility index (Phi) is 3.77. The second kappa shape index (κ2) is 5.73. The molecule has 0 bridgehead atoms. The quantitative estimate of drug-likeness (QED) is 0.807. The highest BCUT2D eigenvalue weighted by atomic mass is 32.1. The van der Waals surface area contributed by atoms with Gasteiger partial charge in [0, 0.05) is 17.5 Å². The molecule has 2 heterocycles. The normalized spacial score (nSPS) is 10.8. The fourth-order valence-corrected chi connectivity index (χ4v) is 2.94. The lowest BCUT2D eigenvalue weighted by Gasteiger charge is -2.12. The third-order valence-corrected chi connectivity index (χ3v) is 4.19. The van der Waals surface area contributed by atoms with Crippen molar-refractivity contribution in [1.82, 2.24) is 14.8 Å². The van der Waals surface area contributed by atoms with Crippen molar-refractivity contribution in [2.45, 2.75) is 20.4 Å². The van der Waals surface area contributed by atoms with Gasteiger partial charge in [0.1, 0.15) is 11.4 Å². The maximum Gasteiger partial charge on any atom is 0.290 e. The number of nitrogens with two attached hydrogens (primary N) is 1. The zero-order valence-corrected chi connectivity index (χ0v) is 13.2. The van der Waals surface area contributed by atoms with Gasteiger partial charge in [-0.3, -0.25) is 4.79 Å². The Morgan fingerprint density at radius 3 is 2.59 bits per heavy atom. The van der Waals surface area contributed by atoms with Gasteiger partial charge in [0.25, 0.3) is 5.56 Å². The van der Waals surface area contributed by atoms with Gasteiger partial charge in [-0.05, 0) is 13.8 Å². The number of hydrogen-bond acceptors (Lipinski definition) is 5. The SMILES string of the molecule is CCn1nc(-c2ccccc2)c(-c2csc(C)n2)c(N)c1=O. The number of nitrogens with zero attached hydrogens (tertiary/aromatic N) is 3. The van der Waals surface area contributed by atoms with E-state index in [9.17, 15) is 4.79 Å². The molecule has 2 N–H and O–H groups in total. The van der Waals surface area contributed by atoms with Gasteiger partial charge in [0.15, 0.2) is 0 Å². The van der Waals surface area contributed by atoms with Crippen molar-refractivity contribution >= 4 is 17.0 Å². The number of aromatic nitrogens is 3. The summed E-state index contributed by atoms with van der Waals surface area (Å²) in [5, 5.41) is 7.33. The average Bonchev–Trinajstić information content (AvgIpc) is 2.96. The fraction of sp³-hybridized carbons (Fsp3) is 0.188. The van der Waals surface area contributed by atoms with Crippen LogP contribution in [0.1, 0.15) is 11.9 Å². The predicted octanol–water partition coefficient (Wildman–Crippen LogP) is 2.94. The van der Waals surface area contributed by atoms with Crippen LogP contribution in [-0.2, 0) is 6.54 Å². The van der Waals surface area contributed by atoms with Gasteiger partial charge in [-0.2, -0.15) is 5.10 Å². The molecule has 3 rings (SSSR count). The number of benzene rings is 1. The minimum atomic E-state index is -0.275. The van der Waals surface area contributed by atoms with E-state index >= 15 is 0 Å². The van der Waals surface area contributed by atoms with E-state index in [4.69, 9.17) is 5.73 Å². The molecule has 6 heteroatoms. The van der Waals surface area contributed by atoms with Crippen LogP contribution >= 0.6 is 11.3 Å². The fourth-order valence-electron chi connectivity index (χ4n) is 2.34. The van der Waals surface area contributed by atoms with Crippen molar-refractivity contribution in [3.8, 4) is 22.5 Å². The highest BCUT2D eigenvalue weighted by Gasteiger charge is 2.19. The Morgan fingerprint density at radius 1 is 1.27 bits per heavy atom. The van der Waals surface area contributed by atoms with Crippen LogP contribution in [0.15, 0.2) is 40.5 Å². The molecular weight excluding hydrogens is 296 g/mol. The van der Waals surface area contributed by atoms with Crippen LogP contribution in [0.4, 0.5) is 5.69 Å². The van der Waals surface area contributed by atoms with Gasteiger partial charge in [-0.1, -0.05) is 30.3 Å². The molecule has 0 aliphatic heterocycles. The van der Waals surface area contributed by atoms with E-state index in [0.29, 0.717) is 23.5 Å². The Morgan fingerprint density at radius 2 is 2.00 bits per heavy atom. The summed E-state index contributed by atoms with van der Waals surface area (Å²) in [6.45, 7) is 4.27. The first-order chi connectivity index (χ1) is 10.6. The number of hydrogen-bond donors (Lipinski definition) is 1. The van der Waals surface area contributed by atoms with E-state index < -0.39 is 0 Å². The minimum absolute atomic E-state index is 0.195. The molecular formula is C16H16N4OS. The average molecular weight is 312 g/mol. The summed E-state index contributed by atoms with van der Waals surface area (Å²) in [7, 11) is 0. The molecule has 0 aliphatic rings. The molecule has 0 unspecified atom stereocenters. The summed E-state index contributed by atoms with van der Waals surface area (Å²) in [5.41, 5.74) is 8.97. The highest BCUT2D eigenvalue weighted by Crippen LogP contribution is 2.33. The molecule has 5 nitrogen and oxygen atoms in total. The van der Waals surface area contributed by atoms with Gasteiger partial charge in [-0.25, -0.2) is 9.67 Å². The summed E-state index contributed by atoms with van der Waals surface area (Å²) >= 11 is 1.52. The molecule has 112 valence electrons. The van der Waals surface area contributed by atoms with Gasteiger partial charge in [0.05, 0.1) is 16.3 Å². The van der Waals surface area contributed by atoms with Gasteiger partial charge < -0.3 is 5.73 Å². The molecule has 0 saturated carbocycles. The number of aryl methyl sites for hydroxylation is 2. The third kappa shape index (κ3) is 2.42. The van der Waals surface area contributed by atoms with E-state index in [1.54, 1.807) is 0 Å². The Labute approximate surface area is 132 Å². The van der Waals surface area contributed by atoms with E-state index in [1.165, 1.54) is 16.0 Å². The third-order valence-electron chi connectivity index (χ3n) is 3.41. The molecule has 3 aromatic rings. The second-order valence-corrected chi connectivity index (χ2v) is 5.94. The number of rotatable bonds is 3. The van der Waals surface area contributed by atoms with Gasteiger partial charge in [-0.15, -0.1) is 11.3 Å². The first kappa shape index (κ1) is 14.5. The van der Waals surface area contributed by atoms with Crippen LogP contribution in [-0.4, -0.2) is 14.8 Å². The van der Waals surface area contributed by atoms with E-state index in [0.717, 1.165) is 10.6 Å². The van der Waals surface area contributed by atoms with Crippen LogP contribution in [0.5, 0.6) is 0 Å². The molecule has 0 amide bonds. The van der Waals surface area contributed by atoms with Crippen LogP contribution in [0.2, 0.25) is 0 Å². The van der Waals surface area contributed by atoms with E-state index in [1.807, 2.05) is 49.6 Å². The highest BCUT2D eigenvalue weighted by molar-refractivity contribution is 7.09. The molecule has 1 aromatic carbocycles. The minimum Gasteiger partial charge on any atom is -0.394 e. The number of nitrogen functional groups attached to an aromatic ring is 1. The zero-order valence-electron chi connectivity index (χ0n) is 12.4. The monoisotopic (exact) mass is 312 g/mol. The number of anilines is 1. The molecule has 0 radical (unpaired) electrons. The van der Waals surface area contributed by atoms with E-state index in [2.05, 4.69) is 10.1 Å². The first-order valence-electron chi connectivity index (χ1n) is 7.00. The van der Waals surface area contributed by atoms with Crippen molar-refractivity contribution in [3.05, 3.63) is 51.1 Å². The predicted molar refractivity (Wildman–Crippen MR) is 89.9 cm³/mol. The molecule has 0 saturated heterocycles. The standard InChI is InChI=1S/C16H16N4OS/c1-3-20-16(21)14(17)13(12-9-22-10(2)18-12)15(19-20)11-7-5-4-6-8-11/h4-9H,3,17H2,1-2H3. The lowest BCUT2D eigenvalue weighted by atomic mass is 10.0. The summed E-state index contributed by atoms with van der Waals surface area (Å²) in [4.78, 5) is 16.8. The van der Waals surface area contributed by atoms with Crippen LogP contribution < -0.4 is 11.3 Å². The maximum atomic E-state index is 12.3. The maximum absolute atomic E-state index is 12.3. The molecule has 0 fully saturated rings. The van der Waals surface area contributed by atoms with Crippen molar-refractivity contribution < 1.29 is 0 Å². The molecule has 2 aromatic heterocycles. The molecule has 0 atom stereocenters. The van der Waals surface area contributed by atoms with Crippen molar-refractivity contribution in [3.63, 3.8) is 0 Å². The lowest BCUT2D eigenvalue weighted by molar-refractivity contribution is 0.622. The molecule has 0 aliphatic carbocycles. The second-order valence-electron chi connectivity index (χ2n) is 4.88. The Bertz CT molecular complexity index is 868.